The topological polar surface area (TPSA) is 97.1 Å². The first-order valence-corrected chi connectivity index (χ1v) is 9.27. The van der Waals surface area contributed by atoms with E-state index in [1.165, 1.54) is 17.7 Å². The molecule has 0 saturated heterocycles. The molecule has 28 heavy (non-hydrogen) atoms. The van der Waals surface area contributed by atoms with Gasteiger partial charge in [-0.3, -0.25) is 10.1 Å². The molecule has 2 heterocycles. The summed E-state index contributed by atoms with van der Waals surface area (Å²) in [6.45, 7) is 1.98. The molecule has 0 aliphatic carbocycles. The van der Waals surface area contributed by atoms with E-state index in [1.54, 1.807) is 11.9 Å². The molecule has 0 radical (unpaired) electrons. The number of para-hydroxylation sites is 2. The second kappa shape index (κ2) is 7.20. The van der Waals surface area contributed by atoms with E-state index in [1.807, 2.05) is 55.5 Å². The van der Waals surface area contributed by atoms with Gasteiger partial charge >= 0.3 is 5.69 Å². The summed E-state index contributed by atoms with van der Waals surface area (Å²) in [5.41, 5.74) is 2.49. The maximum Gasteiger partial charge on any atom is 0.354 e. The van der Waals surface area contributed by atoms with Crippen LogP contribution in [0.2, 0.25) is 0 Å². The quantitative estimate of drug-likeness (QED) is 0.384. The zero-order valence-corrected chi connectivity index (χ0v) is 16.0. The molecule has 2 aromatic carbocycles. The molecule has 4 rings (SSSR count). The SMILES string of the molecule is Cc1cccc2sc(Nc3ncnc(N(C)c4ccccc4)c3[N+](=O)[O-])nc12. The van der Waals surface area contributed by atoms with Gasteiger partial charge in [-0.25, -0.2) is 15.0 Å². The van der Waals surface area contributed by atoms with Crippen LogP contribution in [0.4, 0.5) is 28.1 Å². The Morgan fingerprint density at radius 3 is 2.61 bits per heavy atom. The van der Waals surface area contributed by atoms with Crippen molar-refractivity contribution in [3.8, 4) is 0 Å². The number of aromatic nitrogens is 3. The van der Waals surface area contributed by atoms with Gasteiger partial charge in [0.15, 0.2) is 5.13 Å². The van der Waals surface area contributed by atoms with E-state index in [-0.39, 0.29) is 17.3 Å². The largest absolute Gasteiger partial charge is 0.354 e. The summed E-state index contributed by atoms with van der Waals surface area (Å²) in [7, 11) is 1.73. The first kappa shape index (κ1) is 17.8. The van der Waals surface area contributed by atoms with Crippen molar-refractivity contribution in [1.82, 2.24) is 15.0 Å². The fraction of sp³-hybridized carbons (Fsp3) is 0.105. The van der Waals surface area contributed by atoms with E-state index in [0.717, 1.165) is 21.5 Å². The number of anilines is 4. The number of fused-ring (bicyclic) bond motifs is 1. The molecule has 0 bridgehead atoms. The fourth-order valence-corrected chi connectivity index (χ4v) is 3.83. The fourth-order valence-electron chi connectivity index (χ4n) is 2.89. The van der Waals surface area contributed by atoms with Crippen LogP contribution in [0.15, 0.2) is 54.9 Å². The van der Waals surface area contributed by atoms with Gasteiger partial charge in [-0.05, 0) is 30.7 Å². The highest BCUT2D eigenvalue weighted by Gasteiger charge is 2.27. The van der Waals surface area contributed by atoms with Crippen LogP contribution in [0, 0.1) is 17.0 Å². The Kier molecular flexibility index (Phi) is 4.58. The number of aryl methyl sites for hydroxylation is 1. The van der Waals surface area contributed by atoms with E-state index < -0.39 is 4.92 Å². The van der Waals surface area contributed by atoms with Gasteiger partial charge in [0.1, 0.15) is 6.33 Å². The Labute approximate surface area is 164 Å². The van der Waals surface area contributed by atoms with Gasteiger partial charge in [0.25, 0.3) is 0 Å². The van der Waals surface area contributed by atoms with Gasteiger partial charge in [0, 0.05) is 12.7 Å². The van der Waals surface area contributed by atoms with Crippen molar-refractivity contribution in [1.29, 1.82) is 0 Å². The van der Waals surface area contributed by atoms with Gasteiger partial charge in [-0.2, -0.15) is 0 Å². The van der Waals surface area contributed by atoms with Gasteiger partial charge in [0.05, 0.1) is 15.1 Å². The van der Waals surface area contributed by atoms with Crippen molar-refractivity contribution in [3.63, 3.8) is 0 Å². The Balaban J connectivity index is 1.76. The van der Waals surface area contributed by atoms with E-state index in [9.17, 15) is 10.1 Å². The van der Waals surface area contributed by atoms with Crippen molar-refractivity contribution >= 4 is 49.7 Å². The van der Waals surface area contributed by atoms with Crippen LogP contribution in [0.25, 0.3) is 10.2 Å². The molecule has 140 valence electrons. The third-order valence-electron chi connectivity index (χ3n) is 4.29. The molecule has 0 atom stereocenters. The zero-order valence-electron chi connectivity index (χ0n) is 15.2. The minimum Gasteiger partial charge on any atom is -0.324 e. The number of hydrogen-bond acceptors (Lipinski definition) is 8. The normalized spacial score (nSPS) is 10.8. The minimum atomic E-state index is -0.477. The lowest BCUT2D eigenvalue weighted by Gasteiger charge is -2.18. The minimum absolute atomic E-state index is 0.106. The van der Waals surface area contributed by atoms with Crippen LogP contribution in [-0.4, -0.2) is 26.9 Å². The molecule has 0 aliphatic heterocycles. The summed E-state index contributed by atoms with van der Waals surface area (Å²) < 4.78 is 1.00. The molecular weight excluding hydrogens is 376 g/mol. The summed E-state index contributed by atoms with van der Waals surface area (Å²) >= 11 is 1.42. The molecule has 0 unspecified atom stereocenters. The van der Waals surface area contributed by atoms with Crippen molar-refractivity contribution in [2.24, 2.45) is 0 Å². The van der Waals surface area contributed by atoms with E-state index >= 15 is 0 Å². The van der Waals surface area contributed by atoms with Crippen LogP contribution in [-0.2, 0) is 0 Å². The standard InChI is InChI=1S/C19H16N6O2S/c1-12-7-6-10-14-15(12)22-19(28-14)23-17-16(25(26)27)18(21-11-20-17)24(2)13-8-4-3-5-9-13/h3-11H,1-2H3,(H,20,21,22,23). The summed E-state index contributed by atoms with van der Waals surface area (Å²) in [6, 6.07) is 15.2. The molecule has 9 heteroatoms. The van der Waals surface area contributed by atoms with Crippen LogP contribution in [0.5, 0.6) is 0 Å². The summed E-state index contributed by atoms with van der Waals surface area (Å²) in [5.74, 6) is 0.306. The van der Waals surface area contributed by atoms with Gasteiger partial charge < -0.3 is 10.2 Å². The van der Waals surface area contributed by atoms with Crippen molar-refractivity contribution in [2.75, 3.05) is 17.3 Å². The van der Waals surface area contributed by atoms with Crippen molar-refractivity contribution in [3.05, 3.63) is 70.5 Å². The number of hydrogen-bond donors (Lipinski definition) is 1. The van der Waals surface area contributed by atoms with E-state index in [4.69, 9.17) is 0 Å². The Morgan fingerprint density at radius 2 is 1.89 bits per heavy atom. The third-order valence-corrected chi connectivity index (χ3v) is 5.23. The van der Waals surface area contributed by atoms with Gasteiger partial charge in [0.2, 0.25) is 11.6 Å². The molecule has 0 saturated carbocycles. The van der Waals surface area contributed by atoms with Crippen LogP contribution in [0.3, 0.4) is 0 Å². The molecule has 4 aromatic rings. The van der Waals surface area contributed by atoms with E-state index in [0.29, 0.717) is 5.13 Å². The molecule has 8 nitrogen and oxygen atoms in total. The number of nitro groups is 1. The summed E-state index contributed by atoms with van der Waals surface area (Å²) in [5, 5.41) is 15.4. The number of rotatable bonds is 5. The predicted molar refractivity (Wildman–Crippen MR) is 111 cm³/mol. The average Bonchev–Trinajstić information content (AvgIpc) is 3.11. The number of benzene rings is 2. The molecule has 0 amide bonds. The maximum absolute atomic E-state index is 11.8. The maximum atomic E-state index is 11.8. The van der Waals surface area contributed by atoms with Crippen LogP contribution in [0.1, 0.15) is 5.56 Å². The molecule has 0 aliphatic rings. The van der Waals surface area contributed by atoms with Gasteiger partial charge in [-0.15, -0.1) is 0 Å². The third kappa shape index (κ3) is 3.23. The number of nitrogens with zero attached hydrogens (tertiary/aromatic N) is 5. The Morgan fingerprint density at radius 1 is 1.11 bits per heavy atom. The Hall–Kier alpha value is -3.59. The summed E-state index contributed by atoms with van der Waals surface area (Å²) in [4.78, 5) is 25.8. The molecule has 0 spiro atoms. The van der Waals surface area contributed by atoms with Crippen molar-refractivity contribution in [2.45, 2.75) is 6.92 Å². The second-order valence-corrected chi connectivity index (χ2v) is 7.14. The zero-order chi connectivity index (χ0) is 19.7. The highest BCUT2D eigenvalue weighted by molar-refractivity contribution is 7.22. The number of nitrogens with one attached hydrogen (secondary N) is 1. The molecule has 1 N–H and O–H groups in total. The second-order valence-electron chi connectivity index (χ2n) is 6.11. The van der Waals surface area contributed by atoms with Gasteiger partial charge in [-0.1, -0.05) is 41.7 Å². The smallest absolute Gasteiger partial charge is 0.324 e. The van der Waals surface area contributed by atoms with Crippen molar-refractivity contribution < 1.29 is 4.92 Å². The lowest BCUT2D eigenvalue weighted by Crippen LogP contribution is -2.14. The highest BCUT2D eigenvalue weighted by atomic mass is 32.1. The monoisotopic (exact) mass is 392 g/mol. The van der Waals surface area contributed by atoms with E-state index in [2.05, 4.69) is 20.3 Å². The lowest BCUT2D eigenvalue weighted by atomic mass is 10.2. The predicted octanol–water partition coefficient (Wildman–Crippen LogP) is 4.81. The highest BCUT2D eigenvalue weighted by Crippen LogP contribution is 2.37. The number of thiazole rings is 1. The first-order chi connectivity index (χ1) is 13.5. The molecule has 2 aromatic heterocycles. The first-order valence-electron chi connectivity index (χ1n) is 8.46. The molecular formula is C19H16N6O2S. The lowest BCUT2D eigenvalue weighted by molar-refractivity contribution is -0.383. The molecule has 0 fully saturated rings. The summed E-state index contributed by atoms with van der Waals surface area (Å²) in [6.07, 6.45) is 1.31. The van der Waals surface area contributed by atoms with Crippen LogP contribution >= 0.6 is 11.3 Å². The van der Waals surface area contributed by atoms with Crippen LogP contribution < -0.4 is 10.2 Å². The Bertz CT molecular complexity index is 1160. The average molecular weight is 392 g/mol.